The van der Waals surface area contributed by atoms with Gasteiger partial charge in [0.15, 0.2) is 0 Å². The van der Waals surface area contributed by atoms with Crippen LogP contribution in [0.4, 0.5) is 0 Å². The highest BCUT2D eigenvalue weighted by Gasteiger charge is 2.33. The molecule has 1 aliphatic rings. The molecule has 0 saturated carbocycles. The van der Waals surface area contributed by atoms with Crippen molar-refractivity contribution in [1.29, 1.82) is 0 Å². The molecule has 6 nitrogen and oxygen atoms in total. The van der Waals surface area contributed by atoms with Crippen molar-refractivity contribution in [2.45, 2.75) is 19.4 Å². The molecule has 180 valence electrons. The maximum atomic E-state index is 12.8. The molecule has 0 aliphatic carbocycles. The number of carboxylic acids is 1. The molecule has 1 aromatic heterocycles. The lowest BCUT2D eigenvalue weighted by molar-refractivity contribution is -0.140. The molecular formula is C26H23NO5S3. The predicted octanol–water partition coefficient (Wildman–Crippen LogP) is 5.62. The molecule has 3 aromatic rings. The molecule has 0 bridgehead atoms. The molecule has 1 aliphatic heterocycles. The molecule has 1 amide bonds. The number of nitrogens with zero attached hydrogens (tertiary/aromatic N) is 1. The summed E-state index contributed by atoms with van der Waals surface area (Å²) < 4.78 is 12.2. The van der Waals surface area contributed by atoms with Crippen molar-refractivity contribution in [2.75, 3.05) is 13.2 Å². The number of amides is 1. The number of thiocarbonyl (C=S) groups is 1. The van der Waals surface area contributed by atoms with Gasteiger partial charge < -0.3 is 14.6 Å². The van der Waals surface area contributed by atoms with Gasteiger partial charge in [0.2, 0.25) is 0 Å². The SMILES string of the molecule is O=C(O)CN1C(=O)C(=Cc2cc(OCCCc3ccccc3)ccc2OCc2cccs2)SC1=S. The van der Waals surface area contributed by atoms with Gasteiger partial charge in [-0.05, 0) is 54.1 Å². The number of thiophene rings is 1. The summed E-state index contributed by atoms with van der Waals surface area (Å²) in [6.45, 7) is 0.481. The number of aryl methyl sites for hydroxylation is 1. The van der Waals surface area contributed by atoms with E-state index in [1.165, 1.54) is 5.56 Å². The van der Waals surface area contributed by atoms with Crippen molar-refractivity contribution >= 4 is 57.6 Å². The van der Waals surface area contributed by atoms with Gasteiger partial charge in [0.25, 0.3) is 5.91 Å². The second-order valence-electron chi connectivity index (χ2n) is 7.67. The third kappa shape index (κ3) is 6.94. The molecule has 1 fully saturated rings. The van der Waals surface area contributed by atoms with E-state index in [4.69, 9.17) is 26.8 Å². The quantitative estimate of drug-likeness (QED) is 0.198. The molecule has 0 radical (unpaired) electrons. The summed E-state index contributed by atoms with van der Waals surface area (Å²) in [5, 5.41) is 11.1. The Morgan fingerprint density at radius 2 is 1.91 bits per heavy atom. The second-order valence-corrected chi connectivity index (χ2v) is 10.4. The Hall–Kier alpha value is -3.14. The average Bonchev–Trinajstić information content (AvgIpc) is 3.46. The van der Waals surface area contributed by atoms with Gasteiger partial charge in [-0.1, -0.05) is 60.4 Å². The molecule has 0 spiro atoms. The number of aliphatic carboxylic acids is 1. The molecule has 0 unspecified atom stereocenters. The first-order valence-electron chi connectivity index (χ1n) is 10.9. The number of carboxylic acid groups (broad SMARTS) is 1. The first kappa shape index (κ1) is 25.0. The van der Waals surface area contributed by atoms with Gasteiger partial charge in [-0.3, -0.25) is 14.5 Å². The number of thioether (sulfide) groups is 1. The summed E-state index contributed by atoms with van der Waals surface area (Å²) >= 11 is 7.89. The topological polar surface area (TPSA) is 76.1 Å². The molecule has 4 rings (SSSR count). The molecule has 9 heteroatoms. The molecule has 1 saturated heterocycles. The van der Waals surface area contributed by atoms with E-state index in [-0.39, 0.29) is 4.32 Å². The van der Waals surface area contributed by atoms with E-state index in [2.05, 4.69) is 12.1 Å². The number of carbonyl (C=O) groups excluding carboxylic acids is 1. The van der Waals surface area contributed by atoms with Gasteiger partial charge in [0.1, 0.15) is 29.0 Å². The summed E-state index contributed by atoms with van der Waals surface area (Å²) in [4.78, 5) is 26.4. The number of ether oxygens (including phenoxy) is 2. The Morgan fingerprint density at radius 1 is 1.09 bits per heavy atom. The maximum Gasteiger partial charge on any atom is 0.323 e. The van der Waals surface area contributed by atoms with Crippen molar-refractivity contribution in [3.05, 3.63) is 87.0 Å². The van der Waals surface area contributed by atoms with Crippen LogP contribution in [0.1, 0.15) is 22.4 Å². The van der Waals surface area contributed by atoms with Crippen LogP contribution in [-0.4, -0.2) is 39.4 Å². The lowest BCUT2D eigenvalue weighted by Gasteiger charge is -2.13. The largest absolute Gasteiger partial charge is 0.494 e. The zero-order valence-corrected chi connectivity index (χ0v) is 21.2. The first-order valence-corrected chi connectivity index (χ1v) is 13.0. The van der Waals surface area contributed by atoms with E-state index in [9.17, 15) is 9.59 Å². The fourth-order valence-electron chi connectivity index (χ4n) is 3.43. The summed E-state index contributed by atoms with van der Waals surface area (Å²) in [5.41, 5.74) is 1.93. The van der Waals surface area contributed by atoms with Crippen LogP contribution >= 0.6 is 35.3 Å². The van der Waals surface area contributed by atoms with E-state index >= 15 is 0 Å². The fraction of sp³-hybridized carbons (Fsp3) is 0.192. The zero-order chi connectivity index (χ0) is 24.6. The molecule has 1 N–H and O–H groups in total. The first-order chi connectivity index (χ1) is 17.0. The number of rotatable bonds is 11. The van der Waals surface area contributed by atoms with Crippen LogP contribution in [0.3, 0.4) is 0 Å². The number of carbonyl (C=O) groups is 2. The van der Waals surface area contributed by atoms with E-state index in [0.717, 1.165) is 34.4 Å². The lowest BCUT2D eigenvalue weighted by Crippen LogP contribution is -2.33. The monoisotopic (exact) mass is 525 g/mol. The van der Waals surface area contributed by atoms with Crippen LogP contribution < -0.4 is 9.47 Å². The van der Waals surface area contributed by atoms with E-state index < -0.39 is 18.4 Å². The maximum absolute atomic E-state index is 12.8. The van der Waals surface area contributed by atoms with Crippen LogP contribution in [-0.2, 0) is 22.6 Å². The van der Waals surface area contributed by atoms with Gasteiger partial charge in [0.05, 0.1) is 11.5 Å². The van der Waals surface area contributed by atoms with Crippen molar-refractivity contribution in [2.24, 2.45) is 0 Å². The van der Waals surface area contributed by atoms with Gasteiger partial charge >= 0.3 is 5.97 Å². The molecule has 2 heterocycles. The molecule has 0 atom stereocenters. The minimum absolute atomic E-state index is 0.220. The second kappa shape index (κ2) is 12.0. The summed E-state index contributed by atoms with van der Waals surface area (Å²) in [6.07, 6.45) is 3.47. The van der Waals surface area contributed by atoms with Crippen molar-refractivity contribution in [3.63, 3.8) is 0 Å². The molecular weight excluding hydrogens is 502 g/mol. The minimum atomic E-state index is -1.12. The minimum Gasteiger partial charge on any atom is -0.494 e. The van der Waals surface area contributed by atoms with Crippen LogP contribution in [0.5, 0.6) is 11.5 Å². The standard InChI is InChI=1S/C26H23NO5S3/c28-24(29)16-27-25(30)23(35-26(27)33)15-19-14-20(31-12-4-8-18-6-2-1-3-7-18)10-11-22(19)32-17-21-9-5-13-34-21/h1-3,5-7,9-11,13-15H,4,8,12,16-17H2,(H,28,29). The van der Waals surface area contributed by atoms with E-state index in [0.29, 0.717) is 35.2 Å². The van der Waals surface area contributed by atoms with Gasteiger partial charge in [-0.25, -0.2) is 0 Å². The van der Waals surface area contributed by atoms with Crippen LogP contribution in [0.2, 0.25) is 0 Å². The number of hydrogen-bond acceptors (Lipinski definition) is 7. The van der Waals surface area contributed by atoms with Crippen LogP contribution in [0, 0.1) is 0 Å². The predicted molar refractivity (Wildman–Crippen MR) is 143 cm³/mol. The summed E-state index contributed by atoms with van der Waals surface area (Å²) in [5.74, 6) is -0.290. The third-order valence-electron chi connectivity index (χ3n) is 5.11. The number of benzene rings is 2. The third-order valence-corrected chi connectivity index (χ3v) is 7.33. The van der Waals surface area contributed by atoms with E-state index in [1.54, 1.807) is 17.4 Å². The Bertz CT molecular complexity index is 1230. The fourth-order valence-corrected chi connectivity index (χ4v) is 5.29. The van der Waals surface area contributed by atoms with Crippen LogP contribution in [0.15, 0.2) is 70.9 Å². The van der Waals surface area contributed by atoms with Gasteiger partial charge in [0, 0.05) is 10.4 Å². The smallest absolute Gasteiger partial charge is 0.323 e. The average molecular weight is 526 g/mol. The lowest BCUT2D eigenvalue weighted by atomic mass is 10.1. The van der Waals surface area contributed by atoms with Crippen molar-refractivity contribution in [1.82, 2.24) is 4.90 Å². The normalized spacial score (nSPS) is 14.5. The highest BCUT2D eigenvalue weighted by atomic mass is 32.2. The Morgan fingerprint density at radius 3 is 2.66 bits per heavy atom. The Kier molecular flexibility index (Phi) is 8.57. The number of hydrogen-bond donors (Lipinski definition) is 1. The summed E-state index contributed by atoms with van der Waals surface area (Å²) in [6, 6.07) is 19.7. The molecule has 35 heavy (non-hydrogen) atoms. The Balaban J connectivity index is 1.50. The Labute approximate surface area is 217 Å². The zero-order valence-electron chi connectivity index (χ0n) is 18.7. The van der Waals surface area contributed by atoms with E-state index in [1.807, 2.05) is 53.9 Å². The van der Waals surface area contributed by atoms with Crippen LogP contribution in [0.25, 0.3) is 6.08 Å². The van der Waals surface area contributed by atoms with Crippen molar-refractivity contribution < 1.29 is 24.2 Å². The molecule has 2 aromatic carbocycles. The highest BCUT2D eigenvalue weighted by Crippen LogP contribution is 2.35. The van der Waals surface area contributed by atoms with Crippen molar-refractivity contribution in [3.8, 4) is 11.5 Å². The van der Waals surface area contributed by atoms with Gasteiger partial charge in [-0.15, -0.1) is 11.3 Å². The van der Waals surface area contributed by atoms with Gasteiger partial charge in [-0.2, -0.15) is 0 Å². The summed E-state index contributed by atoms with van der Waals surface area (Å²) in [7, 11) is 0. The highest BCUT2D eigenvalue weighted by molar-refractivity contribution is 8.26.